The number of alkyl halides is 6. The van der Waals surface area contributed by atoms with Crippen LogP contribution in [0.5, 0.6) is 0 Å². The largest absolute Gasteiger partial charge is 0.425 e. The molecular formula is C7H10F6O2. The predicted molar refractivity (Wildman–Crippen MR) is 38.2 cm³/mol. The molecule has 0 saturated carbocycles. The molecule has 0 aliphatic rings. The highest BCUT2D eigenvalue weighted by Gasteiger charge is 2.60. The molecule has 15 heavy (non-hydrogen) atoms. The number of aliphatic hydroxyl groups is 2. The van der Waals surface area contributed by atoms with Crippen LogP contribution in [0.25, 0.3) is 0 Å². The van der Waals surface area contributed by atoms with E-state index >= 15 is 0 Å². The molecule has 2 unspecified atom stereocenters. The first-order valence-corrected chi connectivity index (χ1v) is 4.01. The fourth-order valence-corrected chi connectivity index (χ4v) is 0.864. The Balaban J connectivity index is 4.51. The van der Waals surface area contributed by atoms with E-state index in [4.69, 9.17) is 10.2 Å². The predicted octanol–water partition coefficient (Wildman–Crippen LogP) is 1.66. The van der Waals surface area contributed by atoms with Crippen molar-refractivity contribution in [1.29, 1.82) is 0 Å². The average Bonchev–Trinajstić information content (AvgIpc) is 2.11. The van der Waals surface area contributed by atoms with Crippen molar-refractivity contribution in [2.45, 2.75) is 37.2 Å². The van der Waals surface area contributed by atoms with Crippen LogP contribution in [0, 0.1) is 0 Å². The number of hydrogen-bond acceptors (Lipinski definition) is 2. The molecule has 0 fully saturated rings. The van der Waals surface area contributed by atoms with Gasteiger partial charge in [-0.15, -0.1) is 0 Å². The Hall–Kier alpha value is -0.500. The molecule has 0 saturated heterocycles. The van der Waals surface area contributed by atoms with Crippen molar-refractivity contribution >= 4 is 0 Å². The van der Waals surface area contributed by atoms with Gasteiger partial charge in [0.1, 0.15) is 6.10 Å². The second-order valence-electron chi connectivity index (χ2n) is 2.96. The van der Waals surface area contributed by atoms with E-state index in [1.54, 1.807) is 0 Å². The Morgan fingerprint density at radius 1 is 1.07 bits per heavy atom. The van der Waals surface area contributed by atoms with Crippen LogP contribution in [0.3, 0.4) is 0 Å². The van der Waals surface area contributed by atoms with E-state index in [0.717, 1.165) is 0 Å². The second-order valence-corrected chi connectivity index (χ2v) is 2.96. The van der Waals surface area contributed by atoms with Crippen molar-refractivity contribution in [3.8, 4) is 0 Å². The summed E-state index contributed by atoms with van der Waals surface area (Å²) in [5.74, 6) is -4.90. The van der Waals surface area contributed by atoms with Crippen LogP contribution in [-0.4, -0.2) is 41.2 Å². The van der Waals surface area contributed by atoms with Gasteiger partial charge in [0.05, 0.1) is 0 Å². The van der Waals surface area contributed by atoms with E-state index in [1.165, 1.54) is 0 Å². The lowest BCUT2D eigenvalue weighted by atomic mass is 10.0. The topological polar surface area (TPSA) is 40.5 Å². The summed E-state index contributed by atoms with van der Waals surface area (Å²) in [6, 6.07) is 0. The quantitative estimate of drug-likeness (QED) is 0.717. The normalized spacial score (nSPS) is 17.6. The Labute approximate surface area is 81.5 Å². The number of aliphatic hydroxyl groups excluding tert-OH is 2. The molecule has 0 aromatic rings. The van der Waals surface area contributed by atoms with Gasteiger partial charge in [-0.05, 0) is 12.8 Å². The van der Waals surface area contributed by atoms with E-state index in [2.05, 4.69) is 0 Å². The van der Waals surface area contributed by atoms with E-state index in [0.29, 0.717) is 0 Å². The van der Waals surface area contributed by atoms with Gasteiger partial charge in [-0.25, -0.2) is 13.2 Å². The van der Waals surface area contributed by atoms with Gasteiger partial charge < -0.3 is 10.2 Å². The smallest absolute Gasteiger partial charge is 0.396 e. The summed E-state index contributed by atoms with van der Waals surface area (Å²) in [6.45, 7) is -0.573. The zero-order valence-electron chi connectivity index (χ0n) is 7.44. The summed E-state index contributed by atoms with van der Waals surface area (Å²) in [5, 5.41) is 16.8. The molecule has 2 atom stereocenters. The maximum Gasteiger partial charge on any atom is 0.425 e. The lowest BCUT2D eigenvalue weighted by Gasteiger charge is -2.26. The Morgan fingerprint density at radius 2 is 1.53 bits per heavy atom. The van der Waals surface area contributed by atoms with Crippen molar-refractivity contribution < 1.29 is 36.6 Å². The molecule has 0 radical (unpaired) electrons. The molecule has 2 N–H and O–H groups in total. The van der Waals surface area contributed by atoms with E-state index < -0.39 is 37.4 Å². The standard InChI is InChI=1S/C7H10F6O2/c8-5(7(11,12)13)6(9,10)4(15)2-1-3-14/h4-5,14-15H,1-3H2. The molecule has 0 aliphatic carbocycles. The Morgan fingerprint density at radius 3 is 1.87 bits per heavy atom. The van der Waals surface area contributed by atoms with Crippen molar-refractivity contribution in [3.05, 3.63) is 0 Å². The van der Waals surface area contributed by atoms with Crippen LogP contribution in [0.1, 0.15) is 12.8 Å². The van der Waals surface area contributed by atoms with E-state index in [1.807, 2.05) is 0 Å². The molecule has 2 nitrogen and oxygen atoms in total. The number of halogens is 6. The molecule has 0 aromatic carbocycles. The highest BCUT2D eigenvalue weighted by Crippen LogP contribution is 2.38. The molecule has 0 heterocycles. The molecule has 8 heteroatoms. The van der Waals surface area contributed by atoms with Gasteiger partial charge in [-0.1, -0.05) is 0 Å². The molecule has 0 rings (SSSR count). The van der Waals surface area contributed by atoms with Gasteiger partial charge in [0, 0.05) is 6.61 Å². The summed E-state index contributed by atoms with van der Waals surface area (Å²) in [7, 11) is 0. The van der Waals surface area contributed by atoms with Gasteiger partial charge in [0.25, 0.3) is 6.17 Å². The Bertz CT molecular complexity index is 192. The monoisotopic (exact) mass is 240 g/mol. The minimum atomic E-state index is -5.72. The third-order valence-electron chi connectivity index (χ3n) is 1.71. The van der Waals surface area contributed by atoms with Gasteiger partial charge in [0.15, 0.2) is 0 Å². The molecule has 0 amide bonds. The third kappa shape index (κ3) is 3.86. The highest BCUT2D eigenvalue weighted by molar-refractivity contribution is 4.88. The highest BCUT2D eigenvalue weighted by atomic mass is 19.4. The van der Waals surface area contributed by atoms with E-state index in [9.17, 15) is 26.3 Å². The van der Waals surface area contributed by atoms with Crippen molar-refractivity contribution in [3.63, 3.8) is 0 Å². The zero-order chi connectivity index (χ0) is 12.3. The molecule has 0 bridgehead atoms. The first-order chi connectivity index (χ1) is 6.64. The van der Waals surface area contributed by atoms with Gasteiger partial charge in [0.2, 0.25) is 0 Å². The Kier molecular flexibility index (Phi) is 4.85. The van der Waals surface area contributed by atoms with E-state index in [-0.39, 0.29) is 6.42 Å². The van der Waals surface area contributed by atoms with Crippen LogP contribution >= 0.6 is 0 Å². The summed E-state index contributed by atoms with van der Waals surface area (Å²) >= 11 is 0. The molecule has 0 aromatic heterocycles. The van der Waals surface area contributed by atoms with Crippen LogP contribution in [0.2, 0.25) is 0 Å². The van der Waals surface area contributed by atoms with Gasteiger partial charge in [-0.3, -0.25) is 0 Å². The van der Waals surface area contributed by atoms with Crippen LogP contribution in [0.4, 0.5) is 26.3 Å². The lowest BCUT2D eigenvalue weighted by molar-refractivity contribution is -0.268. The van der Waals surface area contributed by atoms with Crippen molar-refractivity contribution in [1.82, 2.24) is 0 Å². The fourth-order valence-electron chi connectivity index (χ4n) is 0.864. The van der Waals surface area contributed by atoms with Crippen molar-refractivity contribution in [2.75, 3.05) is 6.61 Å². The SMILES string of the molecule is OCCCC(O)C(F)(F)C(F)C(F)(F)F. The van der Waals surface area contributed by atoms with Gasteiger partial charge in [-0.2, -0.15) is 13.2 Å². The minimum Gasteiger partial charge on any atom is -0.396 e. The van der Waals surface area contributed by atoms with Crippen molar-refractivity contribution in [2.24, 2.45) is 0 Å². The molecule has 92 valence electrons. The summed E-state index contributed by atoms with van der Waals surface area (Å²) in [4.78, 5) is 0. The average molecular weight is 240 g/mol. The second kappa shape index (κ2) is 5.02. The summed E-state index contributed by atoms with van der Waals surface area (Å²) in [5.41, 5.74) is 0. The fraction of sp³-hybridized carbons (Fsp3) is 1.00. The first kappa shape index (κ1) is 14.5. The van der Waals surface area contributed by atoms with Crippen LogP contribution in [0.15, 0.2) is 0 Å². The number of hydrogen-bond donors (Lipinski definition) is 2. The minimum absolute atomic E-state index is 0.332. The molecule has 0 aliphatic heterocycles. The molecule has 0 spiro atoms. The molecular weight excluding hydrogens is 230 g/mol. The van der Waals surface area contributed by atoms with Gasteiger partial charge >= 0.3 is 12.1 Å². The maximum atomic E-state index is 12.6. The lowest BCUT2D eigenvalue weighted by Crippen LogP contribution is -2.49. The van der Waals surface area contributed by atoms with Crippen LogP contribution < -0.4 is 0 Å². The maximum absolute atomic E-state index is 12.6. The summed E-state index contributed by atoms with van der Waals surface area (Å²) in [6.07, 6.45) is -14.0. The van der Waals surface area contributed by atoms with Crippen LogP contribution in [-0.2, 0) is 0 Å². The zero-order valence-corrected chi connectivity index (χ0v) is 7.44. The summed E-state index contributed by atoms with van der Waals surface area (Å²) < 4.78 is 72.3. The number of rotatable bonds is 5. The third-order valence-corrected chi connectivity index (χ3v) is 1.71. The first-order valence-electron chi connectivity index (χ1n) is 4.01.